The third-order valence-electron chi connectivity index (χ3n) is 2.94. The van der Waals surface area contributed by atoms with E-state index >= 15 is 0 Å². The van der Waals surface area contributed by atoms with Crippen LogP contribution in [0.5, 0.6) is 0 Å². The molecule has 0 aliphatic carbocycles. The summed E-state index contributed by atoms with van der Waals surface area (Å²) in [6, 6.07) is 5.57. The number of likely N-dealkylation sites (N-methyl/N-ethyl adjacent to an activating group) is 1. The van der Waals surface area contributed by atoms with Gasteiger partial charge in [0, 0.05) is 30.9 Å². The van der Waals surface area contributed by atoms with Crippen LogP contribution in [0.25, 0.3) is 0 Å². The van der Waals surface area contributed by atoms with Crippen molar-refractivity contribution in [3.63, 3.8) is 0 Å². The Bertz CT molecular complexity index is 775. The molecule has 0 atom stereocenters. The zero-order chi connectivity index (χ0) is 16.9. The van der Waals surface area contributed by atoms with Gasteiger partial charge in [0.2, 0.25) is 5.13 Å². The first-order chi connectivity index (χ1) is 10.8. The monoisotopic (exact) mass is 356 g/mol. The van der Waals surface area contributed by atoms with Crippen molar-refractivity contribution >= 4 is 38.2 Å². The standard InChI is InChI=1S/C13H16N4O4S2/c1-10-9-11(17(2)6-7-21-23(18,19)20)3-4-12(10)15-16-13-14-5-8-22-13/h3-5,8-9H,6-7H2,1-2H3,(H,18,19,20)/b16-15+. The van der Waals surface area contributed by atoms with Gasteiger partial charge in [-0.25, -0.2) is 9.17 Å². The molecule has 2 rings (SSSR count). The van der Waals surface area contributed by atoms with Crippen LogP contribution in [-0.2, 0) is 14.6 Å². The van der Waals surface area contributed by atoms with E-state index in [1.165, 1.54) is 11.3 Å². The predicted molar refractivity (Wildman–Crippen MR) is 88.2 cm³/mol. The van der Waals surface area contributed by atoms with E-state index in [0.717, 1.165) is 16.9 Å². The Morgan fingerprint density at radius 1 is 1.39 bits per heavy atom. The number of aryl methyl sites for hydroxylation is 1. The van der Waals surface area contributed by atoms with Crippen LogP contribution >= 0.6 is 11.3 Å². The number of azo groups is 1. The molecule has 8 nitrogen and oxygen atoms in total. The molecule has 0 bridgehead atoms. The Kier molecular flexibility index (Phi) is 5.77. The molecular weight excluding hydrogens is 340 g/mol. The Morgan fingerprint density at radius 3 is 2.78 bits per heavy atom. The summed E-state index contributed by atoms with van der Waals surface area (Å²) in [4.78, 5) is 5.83. The molecule has 10 heteroatoms. The zero-order valence-corrected chi connectivity index (χ0v) is 14.2. The summed E-state index contributed by atoms with van der Waals surface area (Å²) in [5, 5.41) is 10.6. The summed E-state index contributed by atoms with van der Waals surface area (Å²) < 4.78 is 33.8. The minimum atomic E-state index is -4.40. The van der Waals surface area contributed by atoms with Crippen molar-refractivity contribution in [2.45, 2.75) is 6.92 Å². The fourth-order valence-electron chi connectivity index (χ4n) is 1.76. The molecule has 1 heterocycles. The molecule has 0 saturated carbocycles. The van der Waals surface area contributed by atoms with Crippen molar-refractivity contribution in [1.82, 2.24) is 4.98 Å². The van der Waals surface area contributed by atoms with E-state index in [1.807, 2.05) is 30.5 Å². The molecule has 1 aromatic heterocycles. The Labute approximate surface area is 138 Å². The van der Waals surface area contributed by atoms with Gasteiger partial charge >= 0.3 is 10.4 Å². The topological polar surface area (TPSA) is 104 Å². The highest BCUT2D eigenvalue weighted by molar-refractivity contribution is 7.80. The van der Waals surface area contributed by atoms with Crippen molar-refractivity contribution < 1.29 is 17.2 Å². The average molecular weight is 356 g/mol. The van der Waals surface area contributed by atoms with Gasteiger partial charge in [-0.05, 0) is 30.7 Å². The van der Waals surface area contributed by atoms with Crippen LogP contribution in [0.4, 0.5) is 16.5 Å². The lowest BCUT2D eigenvalue weighted by Gasteiger charge is -2.19. The van der Waals surface area contributed by atoms with Crippen LogP contribution in [0.1, 0.15) is 5.56 Å². The van der Waals surface area contributed by atoms with Gasteiger partial charge in [-0.1, -0.05) is 0 Å². The van der Waals surface area contributed by atoms with E-state index in [9.17, 15) is 8.42 Å². The summed E-state index contributed by atoms with van der Waals surface area (Å²) in [5.41, 5.74) is 2.52. The smallest absolute Gasteiger partial charge is 0.372 e. The SMILES string of the molecule is Cc1cc(N(C)CCOS(=O)(=O)O)ccc1/N=N/c1nccs1. The second-order valence-corrected chi connectivity index (χ2v) is 6.62. The lowest BCUT2D eigenvalue weighted by Crippen LogP contribution is -2.23. The van der Waals surface area contributed by atoms with Crippen molar-refractivity contribution in [3.8, 4) is 0 Å². The third kappa shape index (κ3) is 5.67. The molecule has 124 valence electrons. The Balaban J connectivity index is 2.00. The molecule has 0 fully saturated rings. The molecule has 0 radical (unpaired) electrons. The number of hydrogen-bond acceptors (Lipinski definition) is 8. The van der Waals surface area contributed by atoms with E-state index in [-0.39, 0.29) is 6.61 Å². The molecule has 0 saturated heterocycles. The summed E-state index contributed by atoms with van der Waals surface area (Å²) in [6.07, 6.45) is 1.67. The zero-order valence-electron chi connectivity index (χ0n) is 12.6. The molecule has 1 aromatic carbocycles. The van der Waals surface area contributed by atoms with Gasteiger partial charge in [0.25, 0.3) is 0 Å². The Morgan fingerprint density at radius 2 is 2.17 bits per heavy atom. The van der Waals surface area contributed by atoms with Gasteiger partial charge in [-0.15, -0.1) is 21.6 Å². The fraction of sp³-hybridized carbons (Fsp3) is 0.308. The predicted octanol–water partition coefficient (Wildman–Crippen LogP) is 3.12. The largest absolute Gasteiger partial charge is 0.397 e. The number of benzene rings is 1. The minimum absolute atomic E-state index is 0.139. The van der Waals surface area contributed by atoms with E-state index < -0.39 is 10.4 Å². The maximum absolute atomic E-state index is 10.5. The van der Waals surface area contributed by atoms with Crippen molar-refractivity contribution in [1.29, 1.82) is 0 Å². The second kappa shape index (κ2) is 7.59. The summed E-state index contributed by atoms with van der Waals surface area (Å²) in [6.45, 7) is 2.07. The molecule has 2 aromatic rings. The van der Waals surface area contributed by atoms with Gasteiger partial charge in [-0.3, -0.25) is 4.55 Å². The summed E-state index contributed by atoms with van der Waals surface area (Å²) in [7, 11) is -2.61. The highest BCUT2D eigenvalue weighted by atomic mass is 32.3. The summed E-state index contributed by atoms with van der Waals surface area (Å²) >= 11 is 1.40. The van der Waals surface area contributed by atoms with Crippen molar-refractivity contribution in [2.24, 2.45) is 10.2 Å². The van der Waals surface area contributed by atoms with Gasteiger partial charge in [0.05, 0.1) is 12.3 Å². The van der Waals surface area contributed by atoms with Crippen LogP contribution in [0, 0.1) is 6.92 Å². The molecular formula is C13H16N4O4S2. The average Bonchev–Trinajstić information content (AvgIpc) is 2.97. The second-order valence-electron chi connectivity index (χ2n) is 4.66. The lowest BCUT2D eigenvalue weighted by molar-refractivity contribution is 0.274. The third-order valence-corrected chi connectivity index (χ3v) is 4.06. The van der Waals surface area contributed by atoms with E-state index in [0.29, 0.717) is 11.7 Å². The first-order valence-electron chi connectivity index (χ1n) is 6.60. The number of hydrogen-bond donors (Lipinski definition) is 1. The van der Waals surface area contributed by atoms with Crippen LogP contribution in [0.3, 0.4) is 0 Å². The fourth-order valence-corrected chi connectivity index (χ4v) is 2.50. The van der Waals surface area contributed by atoms with Gasteiger partial charge in [0.1, 0.15) is 0 Å². The van der Waals surface area contributed by atoms with Crippen LogP contribution in [0.2, 0.25) is 0 Å². The molecule has 0 spiro atoms. The maximum atomic E-state index is 10.5. The Hall–Kier alpha value is -1.88. The quantitative estimate of drug-likeness (QED) is 0.604. The number of anilines is 1. The van der Waals surface area contributed by atoms with Crippen LogP contribution in [-0.4, -0.2) is 38.2 Å². The van der Waals surface area contributed by atoms with E-state index in [4.69, 9.17) is 4.55 Å². The van der Waals surface area contributed by atoms with Crippen molar-refractivity contribution in [3.05, 3.63) is 35.3 Å². The number of rotatable bonds is 7. The molecule has 0 aliphatic rings. The first-order valence-corrected chi connectivity index (χ1v) is 8.84. The highest BCUT2D eigenvalue weighted by Crippen LogP contribution is 2.26. The van der Waals surface area contributed by atoms with E-state index in [2.05, 4.69) is 19.4 Å². The molecule has 1 N–H and O–H groups in total. The molecule has 0 aliphatic heterocycles. The highest BCUT2D eigenvalue weighted by Gasteiger charge is 2.08. The van der Waals surface area contributed by atoms with Crippen molar-refractivity contribution in [2.75, 3.05) is 25.1 Å². The normalized spacial score (nSPS) is 12.0. The maximum Gasteiger partial charge on any atom is 0.397 e. The van der Waals surface area contributed by atoms with Gasteiger partial charge in [0.15, 0.2) is 0 Å². The molecule has 0 amide bonds. The minimum Gasteiger partial charge on any atom is -0.372 e. The lowest BCUT2D eigenvalue weighted by atomic mass is 10.1. The van der Waals surface area contributed by atoms with Gasteiger partial charge in [-0.2, -0.15) is 8.42 Å². The molecule has 0 unspecified atom stereocenters. The van der Waals surface area contributed by atoms with E-state index in [1.54, 1.807) is 18.1 Å². The summed E-state index contributed by atoms with van der Waals surface area (Å²) in [5.74, 6) is 0. The number of aromatic nitrogens is 1. The number of nitrogens with zero attached hydrogens (tertiary/aromatic N) is 4. The molecule has 23 heavy (non-hydrogen) atoms. The first kappa shape index (κ1) is 17.5. The van der Waals surface area contributed by atoms with Crippen LogP contribution in [0.15, 0.2) is 40.0 Å². The van der Waals surface area contributed by atoms with Crippen LogP contribution < -0.4 is 4.90 Å². The number of thiazole rings is 1. The van der Waals surface area contributed by atoms with Gasteiger partial charge < -0.3 is 4.90 Å².